The van der Waals surface area contributed by atoms with Crippen molar-refractivity contribution in [3.05, 3.63) is 222 Å². The van der Waals surface area contributed by atoms with Crippen LogP contribution in [0.4, 0.5) is 17.1 Å². The Labute approximate surface area is 329 Å². The third-order valence-electron chi connectivity index (χ3n) is 11.9. The lowest BCUT2D eigenvalue weighted by atomic mass is 9.67. The Balaban J connectivity index is 1.15. The zero-order valence-corrected chi connectivity index (χ0v) is 31.1. The summed E-state index contributed by atoms with van der Waals surface area (Å²) in [5.74, 6) is 0. The molecule has 0 fully saturated rings. The molecule has 12 rings (SSSR count). The van der Waals surface area contributed by atoms with Gasteiger partial charge in [-0.2, -0.15) is 0 Å². The van der Waals surface area contributed by atoms with Crippen LogP contribution in [0, 0.1) is 0 Å². The van der Waals surface area contributed by atoms with E-state index in [0.717, 1.165) is 39.0 Å². The smallest absolute Gasteiger partial charge is 0.135 e. The molecule has 2 nitrogen and oxygen atoms in total. The van der Waals surface area contributed by atoms with Crippen molar-refractivity contribution in [2.45, 2.75) is 15.2 Å². The molecule has 2 heterocycles. The second-order valence-electron chi connectivity index (χ2n) is 14.8. The maximum atomic E-state index is 6.32. The Bertz CT molecular complexity index is 3130. The normalized spacial score (nSPS) is 13.4. The predicted octanol–water partition coefficient (Wildman–Crippen LogP) is 14.7. The molecule has 1 aliphatic heterocycles. The summed E-state index contributed by atoms with van der Waals surface area (Å²) in [4.78, 5) is 5.02. The maximum absolute atomic E-state index is 6.32. The van der Waals surface area contributed by atoms with Crippen molar-refractivity contribution >= 4 is 61.5 Å². The summed E-state index contributed by atoms with van der Waals surface area (Å²) in [5, 5.41) is 4.76. The molecule has 9 aromatic carbocycles. The molecule has 0 bridgehead atoms. The number of hydrogen-bond acceptors (Lipinski definition) is 3. The van der Waals surface area contributed by atoms with Gasteiger partial charge in [0, 0.05) is 37.6 Å². The zero-order valence-electron chi connectivity index (χ0n) is 30.3. The number of rotatable bonds is 4. The van der Waals surface area contributed by atoms with Gasteiger partial charge in [-0.25, -0.2) is 0 Å². The van der Waals surface area contributed by atoms with Crippen LogP contribution < -0.4 is 4.90 Å². The molecule has 1 aromatic heterocycles. The van der Waals surface area contributed by atoms with E-state index >= 15 is 0 Å². The van der Waals surface area contributed by atoms with Crippen molar-refractivity contribution in [2.24, 2.45) is 0 Å². The standard InChI is InChI=1S/C53H33NOS/c1-2-12-34(13-3-1)35-22-25-37(26-23-35)54(38-28-31-49-43(32-38)41-16-6-9-19-48(41)55-49)39-27-29-42-47(33-39)53(46-30-24-36-14-4-5-15-40(36)52(42)46)44-17-7-10-20-50(44)56-51-21-11-8-18-45(51)53/h1-33H. The van der Waals surface area contributed by atoms with Gasteiger partial charge in [0.05, 0.1) is 5.41 Å². The fourth-order valence-electron chi connectivity index (χ4n) is 9.53. The summed E-state index contributed by atoms with van der Waals surface area (Å²) in [7, 11) is 0. The SMILES string of the molecule is c1ccc(-c2ccc(N(c3ccc4c(c3)C3(c5ccccc5Sc5ccccc53)c3ccc5ccccc5c3-4)c3ccc4oc5ccccc5c4c3)cc2)cc1. The van der Waals surface area contributed by atoms with Gasteiger partial charge in [0.25, 0.3) is 0 Å². The molecule has 0 atom stereocenters. The summed E-state index contributed by atoms with van der Waals surface area (Å²) in [6.07, 6.45) is 0. The molecule has 2 aliphatic rings. The lowest BCUT2D eigenvalue weighted by molar-refractivity contribution is 0.669. The summed E-state index contributed by atoms with van der Waals surface area (Å²) < 4.78 is 6.32. The van der Waals surface area contributed by atoms with Crippen LogP contribution in [-0.4, -0.2) is 0 Å². The van der Waals surface area contributed by atoms with Gasteiger partial charge < -0.3 is 9.32 Å². The largest absolute Gasteiger partial charge is 0.456 e. The van der Waals surface area contributed by atoms with E-state index in [1.54, 1.807) is 0 Å². The first-order chi connectivity index (χ1) is 27.8. The quantitative estimate of drug-likeness (QED) is 0.179. The number of para-hydroxylation sites is 1. The van der Waals surface area contributed by atoms with Crippen molar-refractivity contribution < 1.29 is 4.42 Å². The van der Waals surface area contributed by atoms with Gasteiger partial charge in [-0.1, -0.05) is 151 Å². The number of benzene rings is 9. The molecule has 0 unspecified atom stereocenters. The van der Waals surface area contributed by atoms with Gasteiger partial charge >= 0.3 is 0 Å². The van der Waals surface area contributed by atoms with E-state index in [2.05, 4.69) is 199 Å². The maximum Gasteiger partial charge on any atom is 0.135 e. The first-order valence-electron chi connectivity index (χ1n) is 19.2. The summed E-state index contributed by atoms with van der Waals surface area (Å²) in [6, 6.07) is 73.4. The fourth-order valence-corrected chi connectivity index (χ4v) is 10.7. The van der Waals surface area contributed by atoms with E-state index < -0.39 is 5.41 Å². The van der Waals surface area contributed by atoms with Gasteiger partial charge in [-0.15, -0.1) is 0 Å². The zero-order chi connectivity index (χ0) is 36.8. The molecule has 3 heteroatoms. The van der Waals surface area contributed by atoms with Crippen LogP contribution in [0.5, 0.6) is 0 Å². The molecule has 262 valence electrons. The molecule has 1 spiro atoms. The lowest BCUT2D eigenvalue weighted by Crippen LogP contribution is -2.32. The molecule has 56 heavy (non-hydrogen) atoms. The molecule has 0 saturated carbocycles. The minimum atomic E-state index is -0.503. The van der Waals surface area contributed by atoms with Gasteiger partial charge in [-0.05, 0) is 116 Å². The molecule has 0 radical (unpaired) electrons. The molecule has 0 amide bonds. The molecular weight excluding hydrogens is 699 g/mol. The minimum Gasteiger partial charge on any atom is -0.456 e. The van der Waals surface area contributed by atoms with Gasteiger partial charge in [0.2, 0.25) is 0 Å². The monoisotopic (exact) mass is 731 g/mol. The number of fused-ring (bicyclic) bond motifs is 14. The van der Waals surface area contributed by atoms with E-state index in [9.17, 15) is 0 Å². The minimum absolute atomic E-state index is 0.503. The van der Waals surface area contributed by atoms with Crippen molar-refractivity contribution in [1.29, 1.82) is 0 Å². The third kappa shape index (κ3) is 4.46. The Morgan fingerprint density at radius 1 is 0.393 bits per heavy atom. The van der Waals surface area contributed by atoms with Crippen LogP contribution in [0.15, 0.2) is 214 Å². The summed E-state index contributed by atoms with van der Waals surface area (Å²) in [6.45, 7) is 0. The molecule has 0 N–H and O–H groups in total. The van der Waals surface area contributed by atoms with Gasteiger partial charge in [0.1, 0.15) is 11.2 Å². The van der Waals surface area contributed by atoms with Crippen LogP contribution in [0.3, 0.4) is 0 Å². The van der Waals surface area contributed by atoms with Gasteiger partial charge in [0.15, 0.2) is 0 Å². The first-order valence-corrected chi connectivity index (χ1v) is 20.0. The van der Waals surface area contributed by atoms with Crippen molar-refractivity contribution in [3.63, 3.8) is 0 Å². The molecule has 1 aliphatic carbocycles. The van der Waals surface area contributed by atoms with E-state index in [1.807, 2.05) is 17.8 Å². The molecular formula is C53H33NOS. The highest BCUT2D eigenvalue weighted by molar-refractivity contribution is 7.99. The van der Waals surface area contributed by atoms with Crippen molar-refractivity contribution in [3.8, 4) is 22.3 Å². The Kier molecular flexibility index (Phi) is 6.81. The highest BCUT2D eigenvalue weighted by Crippen LogP contribution is 2.63. The van der Waals surface area contributed by atoms with Crippen LogP contribution in [0.2, 0.25) is 0 Å². The summed E-state index contributed by atoms with van der Waals surface area (Å²) >= 11 is 1.88. The van der Waals surface area contributed by atoms with Crippen LogP contribution in [0.1, 0.15) is 22.3 Å². The van der Waals surface area contributed by atoms with E-state index in [-0.39, 0.29) is 0 Å². The van der Waals surface area contributed by atoms with Crippen LogP contribution in [-0.2, 0) is 5.41 Å². The van der Waals surface area contributed by atoms with Crippen molar-refractivity contribution in [1.82, 2.24) is 0 Å². The highest BCUT2D eigenvalue weighted by atomic mass is 32.2. The highest BCUT2D eigenvalue weighted by Gasteiger charge is 2.50. The van der Waals surface area contributed by atoms with Gasteiger partial charge in [-0.3, -0.25) is 0 Å². The second-order valence-corrected chi connectivity index (χ2v) is 15.9. The Morgan fingerprint density at radius 3 is 1.80 bits per heavy atom. The lowest BCUT2D eigenvalue weighted by Gasteiger charge is -2.40. The Hall–Kier alpha value is -6.81. The average Bonchev–Trinajstić information content (AvgIpc) is 3.78. The van der Waals surface area contributed by atoms with E-state index in [1.165, 1.54) is 65.1 Å². The third-order valence-corrected chi connectivity index (χ3v) is 13.1. The second kappa shape index (κ2) is 12.1. The fraction of sp³-hybridized carbons (Fsp3) is 0.0189. The van der Waals surface area contributed by atoms with E-state index in [0.29, 0.717) is 0 Å². The molecule has 0 saturated heterocycles. The molecule has 10 aromatic rings. The number of furan rings is 1. The first kappa shape index (κ1) is 31.5. The van der Waals surface area contributed by atoms with Crippen LogP contribution >= 0.6 is 11.8 Å². The Morgan fingerprint density at radius 2 is 1.00 bits per heavy atom. The van der Waals surface area contributed by atoms with Crippen LogP contribution in [0.25, 0.3) is 55.0 Å². The topological polar surface area (TPSA) is 16.4 Å². The average molecular weight is 732 g/mol. The summed E-state index contributed by atoms with van der Waals surface area (Å²) in [5.41, 5.74) is 14.9. The van der Waals surface area contributed by atoms with Crippen molar-refractivity contribution in [2.75, 3.05) is 4.90 Å². The predicted molar refractivity (Wildman–Crippen MR) is 233 cm³/mol. The number of nitrogens with zero attached hydrogens (tertiary/aromatic N) is 1. The van der Waals surface area contributed by atoms with E-state index in [4.69, 9.17) is 4.42 Å². The number of anilines is 3. The number of hydrogen-bond donors (Lipinski definition) is 0.